The summed E-state index contributed by atoms with van der Waals surface area (Å²) in [4.78, 5) is 21.8. The van der Waals surface area contributed by atoms with Crippen molar-refractivity contribution in [2.24, 2.45) is 0 Å². The van der Waals surface area contributed by atoms with Crippen molar-refractivity contribution in [2.45, 2.75) is 31.6 Å². The largest absolute Gasteiger partial charge is 0.302 e. The van der Waals surface area contributed by atoms with E-state index in [1.54, 1.807) is 29.1 Å². The Labute approximate surface area is 207 Å². The Bertz CT molecular complexity index is 1550. The molecule has 0 atom stereocenters. The smallest absolute Gasteiger partial charge is 0.242 e. The fourth-order valence-corrected chi connectivity index (χ4v) is 6.14. The van der Waals surface area contributed by atoms with E-state index in [2.05, 4.69) is 15.3 Å². The number of amides is 1. The predicted octanol–water partition coefficient (Wildman–Crippen LogP) is 3.67. The molecule has 5 rings (SSSR count). The molecule has 11 heteroatoms. The number of anilines is 1. The number of benzene rings is 1. The minimum Gasteiger partial charge on any atom is -0.302 e. The van der Waals surface area contributed by atoms with Gasteiger partial charge >= 0.3 is 0 Å². The highest BCUT2D eigenvalue weighted by Gasteiger charge is 2.30. The van der Waals surface area contributed by atoms with Gasteiger partial charge in [-0.1, -0.05) is 17.4 Å². The maximum atomic E-state index is 12.8. The molecule has 1 amide bonds. The first-order chi connectivity index (χ1) is 16.6. The third-order valence-electron chi connectivity index (χ3n) is 5.82. The maximum absolute atomic E-state index is 12.8. The molecule has 180 valence electrons. The van der Waals surface area contributed by atoms with E-state index >= 15 is 0 Å². The molecule has 35 heavy (non-hydrogen) atoms. The van der Waals surface area contributed by atoms with E-state index in [0.29, 0.717) is 23.7 Å². The molecule has 0 saturated carbocycles. The second-order valence-electron chi connectivity index (χ2n) is 8.54. The first-order valence-electron chi connectivity index (χ1n) is 11.0. The number of nitrogens with zero attached hydrogens (tertiary/aromatic N) is 5. The van der Waals surface area contributed by atoms with E-state index < -0.39 is 10.0 Å². The van der Waals surface area contributed by atoms with Gasteiger partial charge in [-0.3, -0.25) is 9.78 Å². The topological polar surface area (TPSA) is 110 Å². The molecule has 0 fully saturated rings. The zero-order chi connectivity index (χ0) is 24.9. The highest BCUT2D eigenvalue weighted by atomic mass is 32.2. The molecule has 9 nitrogen and oxygen atoms in total. The number of rotatable bonds is 5. The summed E-state index contributed by atoms with van der Waals surface area (Å²) in [7, 11) is -0.609. The zero-order valence-corrected chi connectivity index (χ0v) is 21.4. The monoisotopic (exact) mass is 508 g/mol. The van der Waals surface area contributed by atoms with Gasteiger partial charge < -0.3 is 5.32 Å². The Morgan fingerprint density at radius 1 is 1.17 bits per heavy atom. The average Bonchev–Trinajstić information content (AvgIpc) is 3.40. The maximum Gasteiger partial charge on any atom is 0.242 e. The van der Waals surface area contributed by atoms with Crippen LogP contribution in [-0.2, 0) is 27.7 Å². The van der Waals surface area contributed by atoms with Gasteiger partial charge in [0.15, 0.2) is 5.13 Å². The van der Waals surface area contributed by atoms with Crippen LogP contribution >= 0.6 is 11.3 Å². The lowest BCUT2D eigenvalue weighted by Crippen LogP contribution is -2.22. The van der Waals surface area contributed by atoms with Gasteiger partial charge in [0, 0.05) is 44.0 Å². The Morgan fingerprint density at radius 2 is 1.97 bits per heavy atom. The zero-order valence-electron chi connectivity index (χ0n) is 19.7. The number of pyridine rings is 1. The molecule has 0 bridgehead atoms. The van der Waals surface area contributed by atoms with Crippen molar-refractivity contribution in [1.82, 2.24) is 24.1 Å². The van der Waals surface area contributed by atoms with Gasteiger partial charge in [0.1, 0.15) is 0 Å². The molecule has 0 spiro atoms. The van der Waals surface area contributed by atoms with E-state index in [-0.39, 0.29) is 10.8 Å². The van der Waals surface area contributed by atoms with Crippen LogP contribution in [0.2, 0.25) is 0 Å². The minimum absolute atomic E-state index is 0.182. The van der Waals surface area contributed by atoms with Crippen molar-refractivity contribution in [3.05, 3.63) is 59.5 Å². The summed E-state index contributed by atoms with van der Waals surface area (Å²) in [5, 5.41) is 8.27. The summed E-state index contributed by atoms with van der Waals surface area (Å²) < 4.78 is 28.6. The van der Waals surface area contributed by atoms with Gasteiger partial charge in [-0.15, -0.1) is 0 Å². The molecule has 3 aromatic heterocycles. The summed E-state index contributed by atoms with van der Waals surface area (Å²) in [6, 6.07) is 10.7. The van der Waals surface area contributed by atoms with Crippen molar-refractivity contribution in [3.8, 4) is 27.5 Å². The van der Waals surface area contributed by atoms with Crippen LogP contribution in [-0.4, -0.2) is 52.5 Å². The summed E-state index contributed by atoms with van der Waals surface area (Å²) >= 11 is 1.39. The van der Waals surface area contributed by atoms with E-state index in [4.69, 9.17) is 5.10 Å². The molecular formula is C24H24N6O3S2. The second-order valence-corrected chi connectivity index (χ2v) is 11.7. The first-order valence-corrected chi connectivity index (χ1v) is 13.3. The Morgan fingerprint density at radius 3 is 2.66 bits per heavy atom. The highest BCUT2D eigenvalue weighted by Crippen LogP contribution is 2.44. The van der Waals surface area contributed by atoms with Crippen molar-refractivity contribution in [1.29, 1.82) is 0 Å². The molecule has 0 aliphatic heterocycles. The molecule has 1 aromatic carbocycles. The number of aryl methyl sites for hydroxylation is 2. The van der Waals surface area contributed by atoms with Crippen molar-refractivity contribution in [2.75, 3.05) is 19.4 Å². The van der Waals surface area contributed by atoms with Crippen molar-refractivity contribution in [3.63, 3.8) is 0 Å². The second kappa shape index (κ2) is 8.67. The molecule has 0 unspecified atom stereocenters. The van der Waals surface area contributed by atoms with E-state index in [0.717, 1.165) is 38.8 Å². The molecule has 1 aliphatic rings. The van der Waals surface area contributed by atoms with Crippen LogP contribution in [0, 0.1) is 6.92 Å². The number of aromatic nitrogens is 4. The fourth-order valence-electron chi connectivity index (χ4n) is 4.09. The summed E-state index contributed by atoms with van der Waals surface area (Å²) in [5.74, 6) is -0.183. The molecule has 1 N–H and O–H groups in total. The van der Waals surface area contributed by atoms with Gasteiger partial charge in [-0.05, 0) is 50.1 Å². The molecule has 1 aliphatic carbocycles. The van der Waals surface area contributed by atoms with Crippen LogP contribution < -0.4 is 5.32 Å². The number of fused-ring (bicyclic) bond motifs is 3. The quantitative estimate of drug-likeness (QED) is 0.440. The van der Waals surface area contributed by atoms with Crippen molar-refractivity contribution >= 4 is 32.4 Å². The van der Waals surface area contributed by atoms with Crippen LogP contribution in [0.5, 0.6) is 0 Å². The predicted molar refractivity (Wildman–Crippen MR) is 135 cm³/mol. The Hall–Kier alpha value is -3.41. The number of carbonyl (C=O) groups is 1. The summed E-state index contributed by atoms with van der Waals surface area (Å²) in [6.45, 7) is 3.39. The van der Waals surface area contributed by atoms with Crippen LogP contribution in [0.3, 0.4) is 0 Å². The van der Waals surface area contributed by atoms with Gasteiger partial charge in [0.25, 0.3) is 0 Å². The van der Waals surface area contributed by atoms with Crippen LogP contribution in [0.15, 0.2) is 47.5 Å². The number of sulfonamides is 1. The molecule has 4 aromatic rings. The number of hydrogen-bond donors (Lipinski definition) is 1. The minimum atomic E-state index is -3.62. The van der Waals surface area contributed by atoms with Gasteiger partial charge in [0.05, 0.1) is 32.5 Å². The molecule has 0 saturated heterocycles. The van der Waals surface area contributed by atoms with Gasteiger partial charge in [0.2, 0.25) is 15.9 Å². The third-order valence-corrected chi connectivity index (χ3v) is 8.65. The summed E-state index contributed by atoms with van der Waals surface area (Å²) in [6.07, 6.45) is 3.23. The SMILES string of the molecule is CC(=O)Nc1nc2c(s1)-c1c(c(-c3ccc(C)nc3)nn1-c1cccc(S(=O)(=O)N(C)C)c1)CC2. The Kier molecular flexibility index (Phi) is 5.78. The van der Waals surface area contributed by atoms with Gasteiger partial charge in [-0.25, -0.2) is 22.4 Å². The Balaban J connectivity index is 1.74. The average molecular weight is 509 g/mol. The normalized spacial score (nSPS) is 12.9. The fraction of sp³-hybridized carbons (Fsp3) is 0.250. The van der Waals surface area contributed by atoms with Gasteiger partial charge in [-0.2, -0.15) is 5.10 Å². The lowest BCUT2D eigenvalue weighted by atomic mass is 9.95. The molecular weight excluding hydrogens is 484 g/mol. The number of hydrogen-bond acceptors (Lipinski definition) is 7. The summed E-state index contributed by atoms with van der Waals surface area (Å²) in [5.41, 5.74) is 6.01. The highest BCUT2D eigenvalue weighted by molar-refractivity contribution is 7.89. The number of carbonyl (C=O) groups excluding carboxylic acids is 1. The standard InChI is InChI=1S/C24H24N6O3S2/c1-14-8-9-16(13-25-14)21-19-10-11-20-23(34-24(27-20)26-15(2)31)22(19)30(28-21)17-6-5-7-18(12-17)35(32,33)29(3)4/h5-9,12-13H,10-11H2,1-4H3,(H,26,27,31). The van der Waals surface area contributed by atoms with Crippen LogP contribution in [0.1, 0.15) is 23.9 Å². The first kappa shape index (κ1) is 23.3. The van der Waals surface area contributed by atoms with Crippen LogP contribution in [0.25, 0.3) is 27.5 Å². The molecule has 3 heterocycles. The van der Waals surface area contributed by atoms with E-state index in [1.165, 1.54) is 36.7 Å². The lowest BCUT2D eigenvalue weighted by molar-refractivity contribution is -0.114. The molecule has 0 radical (unpaired) electrons. The third kappa shape index (κ3) is 4.15. The number of thiazole rings is 1. The number of nitrogens with one attached hydrogen (secondary N) is 1. The van der Waals surface area contributed by atoms with E-state index in [1.807, 2.05) is 25.1 Å². The van der Waals surface area contributed by atoms with Crippen LogP contribution in [0.4, 0.5) is 5.13 Å². The van der Waals surface area contributed by atoms with Crippen molar-refractivity contribution < 1.29 is 13.2 Å². The van der Waals surface area contributed by atoms with E-state index in [9.17, 15) is 13.2 Å². The lowest BCUT2D eigenvalue weighted by Gasteiger charge is -2.15.